The molecular weight excluding hydrogens is 285 g/mol. The Labute approximate surface area is 124 Å². The maximum absolute atomic E-state index is 6.26. The van der Waals surface area contributed by atoms with E-state index >= 15 is 0 Å². The Balaban J connectivity index is 1.85. The van der Waals surface area contributed by atoms with Crippen molar-refractivity contribution in [1.29, 1.82) is 0 Å². The lowest BCUT2D eigenvalue weighted by Crippen LogP contribution is -2.36. The molecule has 0 atom stereocenters. The minimum atomic E-state index is 0.362. The molecule has 1 saturated heterocycles. The molecule has 1 fully saturated rings. The van der Waals surface area contributed by atoms with Crippen LogP contribution in [0.3, 0.4) is 0 Å². The fourth-order valence-electron chi connectivity index (χ4n) is 2.52. The van der Waals surface area contributed by atoms with Crippen molar-refractivity contribution in [1.82, 2.24) is 14.7 Å². The highest BCUT2D eigenvalue weighted by Gasteiger charge is 2.22. The van der Waals surface area contributed by atoms with Gasteiger partial charge in [0.1, 0.15) is 5.15 Å². The van der Waals surface area contributed by atoms with Gasteiger partial charge in [-0.3, -0.25) is 9.58 Å². The van der Waals surface area contributed by atoms with Gasteiger partial charge in [0.05, 0.1) is 18.4 Å². The van der Waals surface area contributed by atoms with Crippen LogP contribution in [0, 0.1) is 6.92 Å². The molecule has 2 heterocycles. The highest BCUT2D eigenvalue weighted by Crippen LogP contribution is 2.23. The Kier molecular flexibility index (Phi) is 5.51. The van der Waals surface area contributed by atoms with E-state index in [9.17, 15) is 0 Å². The smallest absolute Gasteiger partial charge is 0.131 e. The third-order valence-electron chi connectivity index (χ3n) is 3.62. The summed E-state index contributed by atoms with van der Waals surface area (Å²) in [7, 11) is 1.88. The summed E-state index contributed by atoms with van der Waals surface area (Å²) in [5.41, 5.74) is 2.16. The SMILES string of the molecule is Cc1nn(C)c(Cl)c1CN1CCC(OCCCl)CC1. The predicted molar refractivity (Wildman–Crippen MR) is 77.9 cm³/mol. The molecule has 6 heteroatoms. The molecule has 0 bridgehead atoms. The second kappa shape index (κ2) is 6.93. The van der Waals surface area contributed by atoms with Crippen LogP contribution in [-0.4, -0.2) is 46.4 Å². The number of hydrogen-bond donors (Lipinski definition) is 0. The van der Waals surface area contributed by atoms with E-state index in [0.717, 1.165) is 48.9 Å². The van der Waals surface area contributed by atoms with Crippen LogP contribution in [0.4, 0.5) is 0 Å². The number of likely N-dealkylation sites (tertiary alicyclic amines) is 1. The first kappa shape index (κ1) is 15.1. The van der Waals surface area contributed by atoms with Gasteiger partial charge < -0.3 is 4.74 Å². The molecule has 0 aliphatic carbocycles. The minimum Gasteiger partial charge on any atom is -0.377 e. The Hall–Kier alpha value is -0.290. The van der Waals surface area contributed by atoms with Gasteiger partial charge in [0.25, 0.3) is 0 Å². The molecule has 0 amide bonds. The number of halogens is 2. The number of aryl methyl sites for hydroxylation is 2. The van der Waals surface area contributed by atoms with Crippen molar-refractivity contribution in [2.75, 3.05) is 25.6 Å². The molecule has 1 aliphatic rings. The summed E-state index contributed by atoms with van der Waals surface area (Å²) in [6.45, 7) is 5.62. The molecule has 108 valence electrons. The van der Waals surface area contributed by atoms with E-state index in [1.807, 2.05) is 14.0 Å². The van der Waals surface area contributed by atoms with Crippen molar-refractivity contribution in [3.8, 4) is 0 Å². The number of piperidine rings is 1. The Morgan fingerprint density at radius 1 is 1.37 bits per heavy atom. The lowest BCUT2D eigenvalue weighted by Gasteiger charge is -2.31. The van der Waals surface area contributed by atoms with Crippen LogP contribution in [0.2, 0.25) is 5.15 Å². The summed E-state index contributed by atoms with van der Waals surface area (Å²) < 4.78 is 7.42. The van der Waals surface area contributed by atoms with E-state index in [1.165, 1.54) is 0 Å². The van der Waals surface area contributed by atoms with Crippen molar-refractivity contribution < 1.29 is 4.74 Å². The van der Waals surface area contributed by atoms with Crippen molar-refractivity contribution in [2.24, 2.45) is 7.05 Å². The van der Waals surface area contributed by atoms with Crippen LogP contribution in [0.15, 0.2) is 0 Å². The van der Waals surface area contributed by atoms with Gasteiger partial charge in [0.15, 0.2) is 0 Å². The van der Waals surface area contributed by atoms with E-state index in [4.69, 9.17) is 27.9 Å². The molecular formula is C13H21Cl2N3O. The van der Waals surface area contributed by atoms with Gasteiger partial charge in [-0.2, -0.15) is 5.10 Å². The largest absolute Gasteiger partial charge is 0.377 e. The molecule has 1 aromatic heterocycles. The number of alkyl halides is 1. The topological polar surface area (TPSA) is 30.3 Å². The van der Waals surface area contributed by atoms with Gasteiger partial charge in [0.2, 0.25) is 0 Å². The van der Waals surface area contributed by atoms with Crippen molar-refractivity contribution >= 4 is 23.2 Å². The lowest BCUT2D eigenvalue weighted by atomic mass is 10.1. The molecule has 0 N–H and O–H groups in total. The molecule has 0 saturated carbocycles. The molecule has 0 unspecified atom stereocenters. The number of nitrogens with zero attached hydrogens (tertiary/aromatic N) is 3. The van der Waals surface area contributed by atoms with Crippen molar-refractivity contribution in [3.05, 3.63) is 16.4 Å². The molecule has 2 rings (SSSR count). The van der Waals surface area contributed by atoms with Crippen LogP contribution in [0.25, 0.3) is 0 Å². The van der Waals surface area contributed by atoms with Crippen LogP contribution in [0.1, 0.15) is 24.1 Å². The van der Waals surface area contributed by atoms with Crippen LogP contribution in [0.5, 0.6) is 0 Å². The normalized spacial score (nSPS) is 18.1. The van der Waals surface area contributed by atoms with Gasteiger partial charge in [-0.25, -0.2) is 0 Å². The molecule has 4 nitrogen and oxygen atoms in total. The first-order valence-electron chi connectivity index (χ1n) is 6.69. The van der Waals surface area contributed by atoms with Gasteiger partial charge in [-0.1, -0.05) is 11.6 Å². The summed E-state index contributed by atoms with van der Waals surface area (Å²) in [4.78, 5) is 2.41. The summed E-state index contributed by atoms with van der Waals surface area (Å²) in [5, 5.41) is 5.10. The van der Waals surface area contributed by atoms with Gasteiger partial charge in [-0.15, -0.1) is 11.6 Å². The fraction of sp³-hybridized carbons (Fsp3) is 0.769. The predicted octanol–water partition coefficient (Wildman–Crippen LogP) is 2.60. The summed E-state index contributed by atoms with van der Waals surface area (Å²) in [6.07, 6.45) is 2.49. The fourth-order valence-corrected chi connectivity index (χ4v) is 2.85. The van der Waals surface area contributed by atoms with Gasteiger partial charge in [-0.05, 0) is 19.8 Å². The zero-order chi connectivity index (χ0) is 13.8. The highest BCUT2D eigenvalue weighted by molar-refractivity contribution is 6.30. The Morgan fingerprint density at radius 2 is 2.05 bits per heavy atom. The molecule has 1 aromatic rings. The van der Waals surface area contributed by atoms with Crippen LogP contribution < -0.4 is 0 Å². The molecule has 0 radical (unpaired) electrons. The third-order valence-corrected chi connectivity index (χ3v) is 4.24. The lowest BCUT2D eigenvalue weighted by molar-refractivity contribution is 0.0134. The number of hydrogen-bond acceptors (Lipinski definition) is 3. The summed E-state index contributed by atoms with van der Waals surface area (Å²) in [6, 6.07) is 0. The average Bonchev–Trinajstić information content (AvgIpc) is 2.64. The maximum Gasteiger partial charge on any atom is 0.131 e. The third kappa shape index (κ3) is 3.85. The van der Waals surface area contributed by atoms with Gasteiger partial charge >= 0.3 is 0 Å². The second-order valence-corrected chi connectivity index (χ2v) is 5.75. The van der Waals surface area contributed by atoms with Crippen LogP contribution in [-0.2, 0) is 18.3 Å². The molecule has 0 aromatic carbocycles. The zero-order valence-corrected chi connectivity index (χ0v) is 13.0. The summed E-state index contributed by atoms with van der Waals surface area (Å²) in [5.74, 6) is 0.574. The number of ether oxygens (including phenoxy) is 1. The van der Waals surface area contributed by atoms with E-state index in [1.54, 1.807) is 4.68 Å². The first-order chi connectivity index (χ1) is 9.11. The van der Waals surface area contributed by atoms with E-state index < -0.39 is 0 Å². The zero-order valence-electron chi connectivity index (χ0n) is 11.5. The van der Waals surface area contributed by atoms with E-state index in [0.29, 0.717) is 18.6 Å². The quantitative estimate of drug-likeness (QED) is 0.783. The van der Waals surface area contributed by atoms with Gasteiger partial charge in [0, 0.05) is 38.1 Å². The van der Waals surface area contributed by atoms with Crippen LogP contribution >= 0.6 is 23.2 Å². The van der Waals surface area contributed by atoms with Crippen molar-refractivity contribution in [3.63, 3.8) is 0 Å². The average molecular weight is 306 g/mol. The molecule has 0 spiro atoms. The van der Waals surface area contributed by atoms with E-state index in [-0.39, 0.29) is 0 Å². The Bertz CT molecular complexity index is 414. The highest BCUT2D eigenvalue weighted by atomic mass is 35.5. The molecule has 19 heavy (non-hydrogen) atoms. The number of rotatable bonds is 5. The molecule has 1 aliphatic heterocycles. The van der Waals surface area contributed by atoms with E-state index in [2.05, 4.69) is 10.00 Å². The second-order valence-electron chi connectivity index (χ2n) is 5.01. The first-order valence-corrected chi connectivity index (χ1v) is 7.61. The maximum atomic E-state index is 6.26. The monoisotopic (exact) mass is 305 g/mol. The minimum absolute atomic E-state index is 0.362. The summed E-state index contributed by atoms with van der Waals surface area (Å²) >= 11 is 11.9. The number of aromatic nitrogens is 2. The Morgan fingerprint density at radius 3 is 2.58 bits per heavy atom. The standard InChI is InChI=1S/C13H21Cl2N3O/c1-10-12(13(15)17(2)16-10)9-18-6-3-11(4-7-18)19-8-5-14/h11H,3-9H2,1-2H3. The van der Waals surface area contributed by atoms with Crippen molar-refractivity contribution in [2.45, 2.75) is 32.4 Å².